The topological polar surface area (TPSA) is 64.1 Å². The summed E-state index contributed by atoms with van der Waals surface area (Å²) in [6.07, 6.45) is 0. The van der Waals surface area contributed by atoms with Gasteiger partial charge < -0.3 is 4.74 Å². The number of ether oxygens (including phenoxy) is 1. The lowest BCUT2D eigenvalue weighted by Crippen LogP contribution is -2.34. The van der Waals surface area contributed by atoms with E-state index in [9.17, 15) is 9.59 Å². The molecule has 152 valence electrons. The van der Waals surface area contributed by atoms with E-state index in [1.54, 1.807) is 0 Å². The molecule has 29 heavy (non-hydrogen) atoms. The molecule has 5 nitrogen and oxygen atoms in total. The Hall–Kier alpha value is -3.08. The van der Waals surface area contributed by atoms with Crippen LogP contribution < -0.4 is 16.0 Å². The van der Waals surface area contributed by atoms with Crippen LogP contribution in [-0.2, 0) is 6.54 Å². The number of nitrogens with one attached hydrogen (secondary N) is 1. The van der Waals surface area contributed by atoms with Gasteiger partial charge in [-0.15, -0.1) is 0 Å². The third-order valence-corrected chi connectivity index (χ3v) is 4.80. The zero-order valence-electron chi connectivity index (χ0n) is 17.9. The third kappa shape index (κ3) is 4.67. The van der Waals surface area contributed by atoms with Gasteiger partial charge in [-0.05, 0) is 62.4 Å². The van der Waals surface area contributed by atoms with Crippen molar-refractivity contribution in [3.63, 3.8) is 0 Å². The molecule has 0 unspecified atom stereocenters. The number of aromatic amines is 1. The summed E-state index contributed by atoms with van der Waals surface area (Å²) < 4.78 is 7.72. The predicted octanol–water partition coefficient (Wildman–Crippen LogP) is 4.73. The van der Waals surface area contributed by atoms with Crippen molar-refractivity contribution in [3.05, 3.63) is 90.6 Å². The Morgan fingerprint density at radius 2 is 1.38 bits per heavy atom. The maximum absolute atomic E-state index is 12.8. The number of rotatable bonds is 5. The van der Waals surface area contributed by atoms with E-state index in [0.717, 1.165) is 27.8 Å². The Bertz CT molecular complexity index is 1130. The van der Waals surface area contributed by atoms with Crippen molar-refractivity contribution in [2.75, 3.05) is 0 Å². The number of hydrogen-bond donors (Lipinski definition) is 1. The molecule has 0 atom stereocenters. The van der Waals surface area contributed by atoms with Gasteiger partial charge in [0.25, 0.3) is 5.56 Å². The average molecular weight is 392 g/mol. The van der Waals surface area contributed by atoms with Crippen LogP contribution in [0.1, 0.15) is 53.1 Å². The van der Waals surface area contributed by atoms with E-state index in [1.807, 2.05) is 65.8 Å². The minimum atomic E-state index is -0.474. The molecule has 5 heteroatoms. The SMILES string of the molecule is Cc1cc(C)cc(Cn2c(Oc3cc(C)cc(C)c3)c(C(C)C)c(=O)[nH]c2=O)c1. The first-order chi connectivity index (χ1) is 13.6. The molecule has 3 aromatic rings. The Morgan fingerprint density at radius 3 is 1.90 bits per heavy atom. The van der Waals surface area contributed by atoms with Crippen molar-refractivity contribution >= 4 is 0 Å². The van der Waals surface area contributed by atoms with Crippen molar-refractivity contribution in [1.29, 1.82) is 0 Å². The molecule has 0 fully saturated rings. The highest BCUT2D eigenvalue weighted by atomic mass is 16.5. The first-order valence-corrected chi connectivity index (χ1v) is 9.84. The molecule has 1 aromatic heterocycles. The lowest BCUT2D eigenvalue weighted by Gasteiger charge is -2.19. The van der Waals surface area contributed by atoms with E-state index in [2.05, 4.69) is 17.1 Å². The van der Waals surface area contributed by atoms with Crippen molar-refractivity contribution in [3.8, 4) is 11.6 Å². The lowest BCUT2D eigenvalue weighted by atomic mass is 10.1. The third-order valence-electron chi connectivity index (χ3n) is 4.80. The highest BCUT2D eigenvalue weighted by Crippen LogP contribution is 2.29. The van der Waals surface area contributed by atoms with Crippen molar-refractivity contribution in [2.45, 2.75) is 54.0 Å². The molecule has 0 spiro atoms. The van der Waals surface area contributed by atoms with E-state index in [1.165, 1.54) is 4.57 Å². The van der Waals surface area contributed by atoms with Crippen LogP contribution in [0.4, 0.5) is 0 Å². The molecule has 0 saturated carbocycles. The number of benzene rings is 2. The lowest BCUT2D eigenvalue weighted by molar-refractivity contribution is 0.410. The van der Waals surface area contributed by atoms with Crippen LogP contribution in [-0.4, -0.2) is 9.55 Å². The van der Waals surface area contributed by atoms with E-state index in [-0.39, 0.29) is 5.92 Å². The molecule has 0 aliphatic rings. The van der Waals surface area contributed by atoms with Gasteiger partial charge in [-0.25, -0.2) is 4.79 Å². The zero-order chi connectivity index (χ0) is 21.3. The van der Waals surface area contributed by atoms with Gasteiger partial charge in [0.15, 0.2) is 0 Å². The normalized spacial score (nSPS) is 11.1. The van der Waals surface area contributed by atoms with E-state index in [4.69, 9.17) is 4.74 Å². The smallest absolute Gasteiger partial charge is 0.331 e. The second-order valence-electron chi connectivity index (χ2n) is 8.14. The molecule has 1 heterocycles. The van der Waals surface area contributed by atoms with Crippen molar-refractivity contribution in [1.82, 2.24) is 9.55 Å². The van der Waals surface area contributed by atoms with Gasteiger partial charge in [-0.3, -0.25) is 14.3 Å². The monoisotopic (exact) mass is 392 g/mol. The zero-order valence-corrected chi connectivity index (χ0v) is 17.9. The molecule has 0 aliphatic carbocycles. The fraction of sp³-hybridized carbons (Fsp3) is 0.333. The van der Waals surface area contributed by atoms with Gasteiger partial charge in [0.2, 0.25) is 5.88 Å². The minimum Gasteiger partial charge on any atom is -0.440 e. The highest BCUT2D eigenvalue weighted by Gasteiger charge is 2.20. The average Bonchev–Trinajstić information content (AvgIpc) is 2.56. The van der Waals surface area contributed by atoms with Crippen LogP contribution in [0.5, 0.6) is 11.6 Å². The van der Waals surface area contributed by atoms with Crippen LogP contribution >= 0.6 is 0 Å². The highest BCUT2D eigenvalue weighted by molar-refractivity contribution is 5.39. The molecule has 0 radical (unpaired) electrons. The van der Waals surface area contributed by atoms with Gasteiger partial charge in [0.05, 0.1) is 12.1 Å². The molecule has 3 rings (SSSR count). The van der Waals surface area contributed by atoms with Gasteiger partial charge in [0.1, 0.15) is 5.75 Å². The molecule has 0 saturated heterocycles. The van der Waals surface area contributed by atoms with Crippen LogP contribution in [0.15, 0.2) is 46.0 Å². The summed E-state index contributed by atoms with van der Waals surface area (Å²) in [5, 5.41) is 0. The molecule has 0 amide bonds. The number of aromatic nitrogens is 2. The van der Waals surface area contributed by atoms with E-state index < -0.39 is 11.2 Å². The van der Waals surface area contributed by atoms with Crippen LogP contribution in [0.25, 0.3) is 0 Å². The Kier molecular flexibility index (Phi) is 5.78. The number of aryl methyl sites for hydroxylation is 4. The van der Waals surface area contributed by atoms with Crippen molar-refractivity contribution in [2.24, 2.45) is 0 Å². The summed E-state index contributed by atoms with van der Waals surface area (Å²) in [6.45, 7) is 12.2. The van der Waals surface area contributed by atoms with Crippen LogP contribution in [0.2, 0.25) is 0 Å². The second-order valence-corrected chi connectivity index (χ2v) is 8.14. The molecular weight excluding hydrogens is 364 g/mol. The summed E-state index contributed by atoms with van der Waals surface area (Å²) in [7, 11) is 0. The summed E-state index contributed by atoms with van der Waals surface area (Å²) in [5.74, 6) is 0.812. The summed E-state index contributed by atoms with van der Waals surface area (Å²) >= 11 is 0. The quantitative estimate of drug-likeness (QED) is 0.682. The fourth-order valence-electron chi connectivity index (χ4n) is 3.78. The predicted molar refractivity (Wildman–Crippen MR) is 116 cm³/mol. The molecule has 0 bridgehead atoms. The fourth-order valence-corrected chi connectivity index (χ4v) is 3.78. The Labute approximate surface area is 171 Å². The summed E-state index contributed by atoms with van der Waals surface area (Å²) in [6, 6.07) is 12.0. The molecule has 2 aromatic carbocycles. The van der Waals surface area contributed by atoms with E-state index in [0.29, 0.717) is 23.7 Å². The maximum Gasteiger partial charge on any atom is 0.331 e. The maximum atomic E-state index is 12.8. The molecular formula is C24H28N2O3. The van der Waals surface area contributed by atoms with Gasteiger partial charge in [-0.2, -0.15) is 0 Å². The number of nitrogens with zero attached hydrogens (tertiary/aromatic N) is 1. The number of hydrogen-bond acceptors (Lipinski definition) is 3. The summed E-state index contributed by atoms with van der Waals surface area (Å²) in [5.41, 5.74) is 4.93. The van der Waals surface area contributed by atoms with Crippen molar-refractivity contribution < 1.29 is 4.74 Å². The summed E-state index contributed by atoms with van der Waals surface area (Å²) in [4.78, 5) is 27.8. The minimum absolute atomic E-state index is 0.106. The van der Waals surface area contributed by atoms with Crippen LogP contribution in [0.3, 0.4) is 0 Å². The first kappa shape index (κ1) is 20.6. The Morgan fingerprint density at radius 1 is 0.862 bits per heavy atom. The Balaban J connectivity index is 2.20. The second kappa shape index (κ2) is 8.11. The van der Waals surface area contributed by atoms with E-state index >= 15 is 0 Å². The van der Waals surface area contributed by atoms with Gasteiger partial charge in [0, 0.05) is 0 Å². The van der Waals surface area contributed by atoms with Crippen LogP contribution in [0, 0.1) is 27.7 Å². The first-order valence-electron chi connectivity index (χ1n) is 9.84. The molecule has 1 N–H and O–H groups in total. The molecule has 0 aliphatic heterocycles. The van der Waals surface area contributed by atoms with Gasteiger partial charge in [-0.1, -0.05) is 49.2 Å². The number of H-pyrrole nitrogens is 1. The van der Waals surface area contributed by atoms with Gasteiger partial charge >= 0.3 is 5.69 Å². The largest absolute Gasteiger partial charge is 0.440 e. The standard InChI is InChI=1S/C24H28N2O3/c1-14(2)21-22(27)25-24(28)26(13-19-9-15(3)7-16(4)10-19)23(21)29-20-11-17(5)8-18(6)12-20/h7-12,14H,13H2,1-6H3,(H,25,27,28).